The van der Waals surface area contributed by atoms with Crippen molar-refractivity contribution in [3.05, 3.63) is 27.7 Å². The Morgan fingerprint density at radius 3 is 3.00 bits per heavy atom. The van der Waals surface area contributed by atoms with E-state index in [1.165, 1.54) is 4.68 Å². The van der Waals surface area contributed by atoms with E-state index in [1.807, 2.05) is 0 Å². The minimum absolute atomic E-state index is 0.145. The number of aryl methyl sites for hydroxylation is 2. The fourth-order valence-corrected chi connectivity index (χ4v) is 1.83. The highest BCUT2D eigenvalue weighted by Crippen LogP contribution is 2.14. The molecule has 0 aliphatic carbocycles. The molecule has 0 bridgehead atoms. The first-order valence-electron chi connectivity index (χ1n) is 5.50. The molecule has 0 saturated carbocycles. The molecule has 96 valence electrons. The number of H-pyrrole nitrogens is 1. The molecule has 18 heavy (non-hydrogen) atoms. The number of fused-ring (bicyclic) bond motifs is 1. The Labute approximate surface area is 102 Å². The fourth-order valence-electron chi connectivity index (χ4n) is 1.83. The van der Waals surface area contributed by atoms with Crippen LogP contribution in [-0.4, -0.2) is 38.9 Å². The Kier molecular flexibility index (Phi) is 3.15. The number of aromatic amines is 1. The number of nitrogens with zero attached hydrogens (tertiary/aromatic N) is 2. The average Bonchev–Trinajstić information content (AvgIpc) is 2.61. The predicted octanol–water partition coefficient (Wildman–Crippen LogP) is -0.708. The molecule has 0 atom stereocenters. The number of pyridine rings is 1. The molecule has 0 aliphatic heterocycles. The Hall–Kier alpha value is -2.15. The highest BCUT2D eigenvalue weighted by molar-refractivity contribution is 6.05. The maximum absolute atomic E-state index is 11.9. The number of hydrogen-bond donors (Lipinski definition) is 3. The van der Waals surface area contributed by atoms with Gasteiger partial charge in [-0.2, -0.15) is 0 Å². The lowest BCUT2D eigenvalue weighted by molar-refractivity contribution is 0.0946. The second-order valence-electron chi connectivity index (χ2n) is 3.99. The molecule has 0 unspecified atom stereocenters. The summed E-state index contributed by atoms with van der Waals surface area (Å²) in [5.74, 6) is -0.392. The maximum Gasteiger partial charge on any atom is 0.274 e. The molecule has 2 rings (SSSR count). The van der Waals surface area contributed by atoms with E-state index < -0.39 is 5.91 Å². The highest BCUT2D eigenvalue weighted by atomic mass is 16.3. The van der Waals surface area contributed by atoms with Gasteiger partial charge in [0.15, 0.2) is 5.65 Å². The van der Waals surface area contributed by atoms with Gasteiger partial charge in [0.05, 0.1) is 17.6 Å². The summed E-state index contributed by atoms with van der Waals surface area (Å²) in [6.45, 7) is 1.75. The number of hydrogen-bond acceptors (Lipinski definition) is 4. The van der Waals surface area contributed by atoms with E-state index in [0.29, 0.717) is 11.3 Å². The van der Waals surface area contributed by atoms with Gasteiger partial charge in [0.25, 0.3) is 11.5 Å². The lowest BCUT2D eigenvalue weighted by Crippen LogP contribution is -2.27. The zero-order valence-corrected chi connectivity index (χ0v) is 10.1. The van der Waals surface area contributed by atoms with Crippen molar-refractivity contribution in [2.24, 2.45) is 7.05 Å². The van der Waals surface area contributed by atoms with Gasteiger partial charge in [-0.05, 0) is 13.0 Å². The van der Waals surface area contributed by atoms with Crippen molar-refractivity contribution in [1.29, 1.82) is 0 Å². The predicted molar refractivity (Wildman–Crippen MR) is 65.5 cm³/mol. The third kappa shape index (κ3) is 2.00. The molecule has 2 aromatic rings. The van der Waals surface area contributed by atoms with Crippen molar-refractivity contribution in [2.45, 2.75) is 6.92 Å². The summed E-state index contributed by atoms with van der Waals surface area (Å²) in [7, 11) is 1.66. The minimum atomic E-state index is -0.392. The minimum Gasteiger partial charge on any atom is -0.395 e. The Morgan fingerprint density at radius 2 is 2.33 bits per heavy atom. The number of carbonyl (C=O) groups excluding carboxylic acids is 1. The Morgan fingerprint density at radius 1 is 1.61 bits per heavy atom. The van der Waals surface area contributed by atoms with Crippen LogP contribution in [0.15, 0.2) is 10.9 Å². The summed E-state index contributed by atoms with van der Waals surface area (Å²) in [5, 5.41) is 14.0. The third-order valence-corrected chi connectivity index (χ3v) is 2.58. The van der Waals surface area contributed by atoms with Crippen LogP contribution < -0.4 is 10.9 Å². The highest BCUT2D eigenvalue weighted by Gasteiger charge is 2.17. The summed E-state index contributed by atoms with van der Waals surface area (Å²) < 4.78 is 1.48. The van der Waals surface area contributed by atoms with Gasteiger partial charge in [0.2, 0.25) is 0 Å². The molecule has 0 saturated heterocycles. The SMILES string of the molecule is Cc1cc(C(=O)NCCO)c2c(=O)[nH]n(C)c2n1. The summed E-state index contributed by atoms with van der Waals surface area (Å²) in [4.78, 5) is 27.9. The van der Waals surface area contributed by atoms with Crippen LogP contribution in [0.1, 0.15) is 16.1 Å². The molecule has 0 aliphatic rings. The number of aliphatic hydroxyl groups is 1. The van der Waals surface area contributed by atoms with Crippen molar-refractivity contribution in [3.63, 3.8) is 0 Å². The summed E-state index contributed by atoms with van der Waals surface area (Å²) >= 11 is 0. The second-order valence-corrected chi connectivity index (χ2v) is 3.99. The summed E-state index contributed by atoms with van der Waals surface area (Å²) in [5.41, 5.74) is 1.00. The molecule has 3 N–H and O–H groups in total. The smallest absolute Gasteiger partial charge is 0.274 e. The van der Waals surface area contributed by atoms with Crippen LogP contribution in [0.2, 0.25) is 0 Å². The van der Waals surface area contributed by atoms with Gasteiger partial charge in [-0.1, -0.05) is 0 Å². The Bertz CT molecular complexity index is 656. The van der Waals surface area contributed by atoms with E-state index in [0.717, 1.165) is 0 Å². The van der Waals surface area contributed by atoms with Crippen molar-refractivity contribution in [1.82, 2.24) is 20.1 Å². The van der Waals surface area contributed by atoms with Crippen molar-refractivity contribution in [3.8, 4) is 0 Å². The van der Waals surface area contributed by atoms with Crippen molar-refractivity contribution < 1.29 is 9.90 Å². The average molecular weight is 250 g/mol. The van der Waals surface area contributed by atoms with Gasteiger partial charge in [0, 0.05) is 19.3 Å². The number of nitrogens with one attached hydrogen (secondary N) is 2. The first-order valence-corrected chi connectivity index (χ1v) is 5.50. The topological polar surface area (TPSA) is 100 Å². The van der Waals surface area contributed by atoms with Crippen molar-refractivity contribution in [2.75, 3.05) is 13.2 Å². The quantitative estimate of drug-likeness (QED) is 0.670. The zero-order valence-electron chi connectivity index (χ0n) is 10.1. The molecule has 1 amide bonds. The molecular weight excluding hydrogens is 236 g/mol. The van der Waals surface area contributed by atoms with Gasteiger partial charge >= 0.3 is 0 Å². The van der Waals surface area contributed by atoms with Crippen LogP contribution in [0.3, 0.4) is 0 Å². The van der Waals surface area contributed by atoms with E-state index in [-0.39, 0.29) is 29.7 Å². The molecule has 0 spiro atoms. The van der Waals surface area contributed by atoms with E-state index in [9.17, 15) is 9.59 Å². The molecule has 0 fully saturated rings. The number of aromatic nitrogens is 3. The number of carbonyl (C=O) groups is 1. The molecule has 7 nitrogen and oxygen atoms in total. The van der Waals surface area contributed by atoms with Gasteiger partial charge in [0.1, 0.15) is 0 Å². The van der Waals surface area contributed by atoms with E-state index in [4.69, 9.17) is 5.11 Å². The standard InChI is InChI=1S/C11H14N4O3/c1-6-5-7(10(17)12-3-4-16)8-9(13-6)15(2)14-11(8)18/h5,16H,3-4H2,1-2H3,(H,12,17)(H,14,18). The first-order chi connectivity index (χ1) is 8.54. The molecular formula is C11H14N4O3. The molecule has 2 aromatic heterocycles. The summed E-state index contributed by atoms with van der Waals surface area (Å²) in [6, 6.07) is 1.56. The fraction of sp³-hybridized carbons (Fsp3) is 0.364. The van der Waals surface area contributed by atoms with E-state index in [1.54, 1.807) is 20.0 Å². The van der Waals surface area contributed by atoms with E-state index >= 15 is 0 Å². The van der Waals surface area contributed by atoms with Crippen LogP contribution in [0.5, 0.6) is 0 Å². The molecule has 7 heteroatoms. The molecule has 0 radical (unpaired) electrons. The van der Waals surface area contributed by atoms with Gasteiger partial charge < -0.3 is 10.4 Å². The lowest BCUT2D eigenvalue weighted by atomic mass is 10.1. The second kappa shape index (κ2) is 4.61. The normalized spacial score (nSPS) is 10.8. The van der Waals surface area contributed by atoms with Gasteiger partial charge in [-0.3, -0.25) is 19.4 Å². The van der Waals surface area contributed by atoms with Crippen LogP contribution in [-0.2, 0) is 7.05 Å². The molecule has 2 heterocycles. The van der Waals surface area contributed by atoms with Gasteiger partial charge in [-0.15, -0.1) is 0 Å². The lowest BCUT2D eigenvalue weighted by Gasteiger charge is -2.05. The number of rotatable bonds is 3. The Balaban J connectivity index is 2.62. The maximum atomic E-state index is 11.9. The van der Waals surface area contributed by atoms with Crippen LogP contribution in [0, 0.1) is 6.92 Å². The number of aliphatic hydroxyl groups excluding tert-OH is 1. The third-order valence-electron chi connectivity index (χ3n) is 2.58. The summed E-state index contributed by atoms with van der Waals surface area (Å²) in [6.07, 6.45) is 0. The van der Waals surface area contributed by atoms with Gasteiger partial charge in [-0.25, -0.2) is 4.98 Å². The number of amides is 1. The zero-order chi connectivity index (χ0) is 13.3. The van der Waals surface area contributed by atoms with Crippen LogP contribution in [0.4, 0.5) is 0 Å². The van der Waals surface area contributed by atoms with E-state index in [2.05, 4.69) is 15.4 Å². The largest absolute Gasteiger partial charge is 0.395 e. The monoisotopic (exact) mass is 250 g/mol. The van der Waals surface area contributed by atoms with Crippen LogP contribution in [0.25, 0.3) is 11.0 Å². The van der Waals surface area contributed by atoms with Crippen molar-refractivity contribution >= 4 is 16.9 Å². The molecule has 0 aromatic carbocycles. The van der Waals surface area contributed by atoms with Crippen LogP contribution >= 0.6 is 0 Å². The first kappa shape index (κ1) is 12.3.